The van der Waals surface area contributed by atoms with Gasteiger partial charge in [-0.2, -0.15) is 0 Å². The molecule has 0 aliphatic heterocycles. The van der Waals surface area contributed by atoms with Gasteiger partial charge in [0.25, 0.3) is 5.91 Å². The molecule has 0 aromatic heterocycles. The van der Waals surface area contributed by atoms with Gasteiger partial charge in [0, 0.05) is 18.2 Å². The van der Waals surface area contributed by atoms with Crippen LogP contribution in [0.5, 0.6) is 0 Å². The first-order valence-corrected chi connectivity index (χ1v) is 6.66. The second kappa shape index (κ2) is 6.34. The van der Waals surface area contributed by atoms with E-state index >= 15 is 0 Å². The molecule has 0 bridgehead atoms. The largest absolute Gasteiger partial charge is 0.369 e. The van der Waals surface area contributed by atoms with E-state index < -0.39 is 0 Å². The van der Waals surface area contributed by atoms with Crippen LogP contribution in [0, 0.1) is 5.92 Å². The van der Waals surface area contributed by atoms with Crippen molar-refractivity contribution >= 4 is 11.8 Å². The van der Waals surface area contributed by atoms with Crippen molar-refractivity contribution in [2.45, 2.75) is 25.4 Å². The average molecular weight is 273 g/mol. The molecule has 5 N–H and O–H groups in total. The third kappa shape index (κ3) is 3.24. The van der Waals surface area contributed by atoms with Gasteiger partial charge in [-0.15, -0.1) is 0 Å². The zero-order chi connectivity index (χ0) is 14.5. The fourth-order valence-corrected chi connectivity index (χ4v) is 2.33. The predicted molar refractivity (Wildman–Crippen MR) is 76.6 cm³/mol. The lowest BCUT2D eigenvalue weighted by atomic mass is 9.88. The lowest BCUT2D eigenvalue weighted by molar-refractivity contribution is -0.122. The van der Waals surface area contributed by atoms with Crippen LogP contribution in [0.1, 0.15) is 28.8 Å². The van der Waals surface area contributed by atoms with Gasteiger partial charge in [-0.1, -0.05) is 24.3 Å². The minimum Gasteiger partial charge on any atom is -0.369 e. The van der Waals surface area contributed by atoms with E-state index in [4.69, 9.17) is 11.5 Å². The van der Waals surface area contributed by atoms with Gasteiger partial charge in [-0.05, 0) is 30.5 Å². The Kier molecular flexibility index (Phi) is 4.53. The number of carbonyl (C=O) groups is 2. The van der Waals surface area contributed by atoms with Crippen LogP contribution in [0.3, 0.4) is 0 Å². The molecule has 0 saturated carbocycles. The van der Waals surface area contributed by atoms with Crippen molar-refractivity contribution in [1.29, 1.82) is 0 Å². The number of amides is 2. The first-order valence-electron chi connectivity index (χ1n) is 6.66. The van der Waals surface area contributed by atoms with Gasteiger partial charge in [0.05, 0.1) is 5.92 Å². The summed E-state index contributed by atoms with van der Waals surface area (Å²) in [7, 11) is 0. The van der Waals surface area contributed by atoms with Gasteiger partial charge in [0.2, 0.25) is 5.91 Å². The second-order valence-electron chi connectivity index (χ2n) is 4.93. The highest BCUT2D eigenvalue weighted by Gasteiger charge is 2.28. The van der Waals surface area contributed by atoms with Crippen molar-refractivity contribution in [2.24, 2.45) is 17.4 Å². The molecule has 0 fully saturated rings. The molecule has 0 saturated heterocycles. The van der Waals surface area contributed by atoms with E-state index in [0.717, 1.165) is 5.56 Å². The molecule has 2 amide bonds. The first-order chi connectivity index (χ1) is 9.61. The monoisotopic (exact) mass is 273 g/mol. The molecule has 5 nitrogen and oxygen atoms in total. The number of allylic oxidation sites excluding steroid dienone is 1. The zero-order valence-electron chi connectivity index (χ0n) is 11.2. The third-order valence-electron chi connectivity index (χ3n) is 3.57. The van der Waals surface area contributed by atoms with Crippen LogP contribution < -0.4 is 16.8 Å². The van der Waals surface area contributed by atoms with E-state index in [1.165, 1.54) is 0 Å². The molecule has 106 valence electrons. The summed E-state index contributed by atoms with van der Waals surface area (Å²) in [5.41, 5.74) is 12.4. The van der Waals surface area contributed by atoms with Crippen LogP contribution in [-0.4, -0.2) is 17.9 Å². The Morgan fingerprint density at radius 3 is 2.40 bits per heavy atom. The maximum Gasteiger partial charge on any atom is 0.251 e. The van der Waals surface area contributed by atoms with E-state index in [1.54, 1.807) is 12.1 Å². The fourth-order valence-electron chi connectivity index (χ4n) is 2.33. The van der Waals surface area contributed by atoms with Crippen LogP contribution in [0.15, 0.2) is 36.4 Å². The number of hydrogen-bond donors (Lipinski definition) is 3. The molecular weight excluding hydrogens is 254 g/mol. The van der Waals surface area contributed by atoms with Crippen LogP contribution >= 0.6 is 0 Å². The number of hydrogen-bond acceptors (Lipinski definition) is 3. The third-order valence-corrected chi connectivity index (χ3v) is 3.57. The smallest absolute Gasteiger partial charge is 0.251 e. The molecule has 1 aliphatic carbocycles. The van der Waals surface area contributed by atoms with Crippen molar-refractivity contribution in [2.75, 3.05) is 0 Å². The molecule has 1 aliphatic rings. The summed E-state index contributed by atoms with van der Waals surface area (Å²) in [5.74, 6) is -0.912. The Balaban J connectivity index is 2.05. The van der Waals surface area contributed by atoms with Crippen LogP contribution in [-0.2, 0) is 11.3 Å². The molecule has 0 unspecified atom stereocenters. The summed E-state index contributed by atoms with van der Waals surface area (Å²) in [6.07, 6.45) is 5.09. The molecule has 1 aromatic rings. The Hall–Kier alpha value is -2.14. The predicted octanol–water partition coefficient (Wildman–Crippen LogP) is 0.695. The van der Waals surface area contributed by atoms with Crippen LogP contribution in [0.4, 0.5) is 0 Å². The minimum absolute atomic E-state index is 0.194. The standard InChI is InChI=1S/C15H19N3O2/c16-9-10-5-7-11(8-6-10)15(20)18-13-4-2-1-3-12(13)14(17)19/h1-2,5-8,12-13H,3-4,9,16H2,(H2,17,19)(H,18,20)/t12-,13-/m1/s1. The van der Waals surface area contributed by atoms with Gasteiger partial charge in [0.15, 0.2) is 0 Å². The zero-order valence-corrected chi connectivity index (χ0v) is 11.2. The van der Waals surface area contributed by atoms with E-state index in [0.29, 0.717) is 24.9 Å². The maximum atomic E-state index is 12.2. The van der Waals surface area contributed by atoms with E-state index in [2.05, 4.69) is 5.32 Å². The SMILES string of the molecule is NCc1ccc(C(=O)N[C@@H]2CC=CC[C@H]2C(N)=O)cc1. The van der Waals surface area contributed by atoms with Crippen molar-refractivity contribution < 1.29 is 9.59 Å². The molecule has 0 heterocycles. The summed E-state index contributed by atoms with van der Waals surface area (Å²) in [5, 5.41) is 2.88. The van der Waals surface area contributed by atoms with Gasteiger partial charge in [-0.25, -0.2) is 0 Å². The quantitative estimate of drug-likeness (QED) is 0.704. The Bertz CT molecular complexity index is 522. The molecule has 5 heteroatoms. The summed E-state index contributed by atoms with van der Waals surface area (Å²) >= 11 is 0. The molecule has 2 rings (SSSR count). The van der Waals surface area contributed by atoms with Gasteiger partial charge >= 0.3 is 0 Å². The van der Waals surface area contributed by atoms with Gasteiger partial charge in [-0.3, -0.25) is 9.59 Å². The number of nitrogens with two attached hydrogens (primary N) is 2. The highest BCUT2D eigenvalue weighted by atomic mass is 16.2. The molecular formula is C15H19N3O2. The highest BCUT2D eigenvalue weighted by Crippen LogP contribution is 2.19. The Morgan fingerprint density at radius 1 is 1.15 bits per heavy atom. The van der Waals surface area contributed by atoms with E-state index in [-0.39, 0.29) is 23.8 Å². The average Bonchev–Trinajstić information content (AvgIpc) is 2.47. The lowest BCUT2D eigenvalue weighted by Crippen LogP contribution is -2.46. The maximum absolute atomic E-state index is 12.2. The fraction of sp³-hybridized carbons (Fsp3) is 0.333. The van der Waals surface area contributed by atoms with Gasteiger partial charge < -0.3 is 16.8 Å². The Labute approximate surface area is 118 Å². The highest BCUT2D eigenvalue weighted by molar-refractivity contribution is 5.94. The van der Waals surface area contributed by atoms with E-state index in [1.807, 2.05) is 24.3 Å². The number of primary amides is 1. The first kappa shape index (κ1) is 14.3. The lowest BCUT2D eigenvalue weighted by Gasteiger charge is -2.26. The molecule has 0 spiro atoms. The molecule has 1 aromatic carbocycles. The second-order valence-corrected chi connectivity index (χ2v) is 4.93. The summed E-state index contributed by atoms with van der Waals surface area (Å²) in [6, 6.07) is 6.87. The number of benzene rings is 1. The number of nitrogens with one attached hydrogen (secondary N) is 1. The number of rotatable bonds is 4. The summed E-state index contributed by atoms with van der Waals surface area (Å²) < 4.78 is 0. The topological polar surface area (TPSA) is 98.2 Å². The van der Waals surface area contributed by atoms with Crippen molar-refractivity contribution in [3.8, 4) is 0 Å². The van der Waals surface area contributed by atoms with Gasteiger partial charge in [0.1, 0.15) is 0 Å². The summed E-state index contributed by atoms with van der Waals surface area (Å²) in [4.78, 5) is 23.6. The molecule has 0 radical (unpaired) electrons. The van der Waals surface area contributed by atoms with Crippen LogP contribution in [0.2, 0.25) is 0 Å². The summed E-state index contributed by atoms with van der Waals surface area (Å²) in [6.45, 7) is 0.444. The molecule has 20 heavy (non-hydrogen) atoms. The van der Waals surface area contributed by atoms with E-state index in [9.17, 15) is 9.59 Å². The molecule has 2 atom stereocenters. The van der Waals surface area contributed by atoms with Crippen molar-refractivity contribution in [3.05, 3.63) is 47.5 Å². The number of carbonyl (C=O) groups excluding carboxylic acids is 2. The van der Waals surface area contributed by atoms with Crippen molar-refractivity contribution in [1.82, 2.24) is 5.32 Å². The van der Waals surface area contributed by atoms with Crippen LogP contribution in [0.25, 0.3) is 0 Å². The normalized spacial score (nSPS) is 21.4. The van der Waals surface area contributed by atoms with Crippen molar-refractivity contribution in [3.63, 3.8) is 0 Å². The Morgan fingerprint density at radius 2 is 1.80 bits per heavy atom. The minimum atomic E-state index is -0.377.